The third-order valence-corrected chi connectivity index (χ3v) is 5.08. The van der Waals surface area contributed by atoms with Crippen molar-refractivity contribution in [2.24, 2.45) is 5.92 Å². The summed E-state index contributed by atoms with van der Waals surface area (Å²) in [5.74, 6) is 0.393. The molecule has 4 heteroatoms. The van der Waals surface area contributed by atoms with Gasteiger partial charge in [-0.3, -0.25) is 0 Å². The van der Waals surface area contributed by atoms with Gasteiger partial charge < -0.3 is 0 Å². The molecule has 0 bridgehead atoms. The monoisotopic (exact) mass is 336 g/mol. The summed E-state index contributed by atoms with van der Waals surface area (Å²) in [6, 6.07) is 3.33. The molecule has 1 aromatic carbocycles. The van der Waals surface area contributed by atoms with Crippen LogP contribution in [0.3, 0.4) is 0 Å². The van der Waals surface area contributed by atoms with Crippen LogP contribution >= 0.6 is 27.5 Å². The van der Waals surface area contributed by atoms with Crippen LogP contribution in [0.4, 0.5) is 8.78 Å². The second-order valence-corrected chi connectivity index (χ2v) is 5.99. The van der Waals surface area contributed by atoms with E-state index in [1.54, 1.807) is 12.1 Å². The summed E-state index contributed by atoms with van der Waals surface area (Å²) in [4.78, 5) is 0. The minimum atomic E-state index is -0.778. The zero-order valence-corrected chi connectivity index (χ0v) is 12.4. The average molecular weight is 338 g/mol. The Bertz CT molecular complexity index is 415. The van der Waals surface area contributed by atoms with E-state index in [1.807, 2.05) is 0 Å². The van der Waals surface area contributed by atoms with Gasteiger partial charge in [0.25, 0.3) is 0 Å². The molecular weight excluding hydrogens is 322 g/mol. The minimum absolute atomic E-state index is 0.0144. The van der Waals surface area contributed by atoms with Crippen molar-refractivity contribution in [3.8, 4) is 0 Å². The fraction of sp³-hybridized carbons (Fsp3) is 0.571. The first kappa shape index (κ1) is 14.3. The molecule has 18 heavy (non-hydrogen) atoms. The summed E-state index contributed by atoms with van der Waals surface area (Å²) < 4.78 is 26.8. The highest BCUT2D eigenvalue weighted by Crippen LogP contribution is 2.39. The number of rotatable bonds is 3. The molecule has 1 aliphatic rings. The maximum Gasteiger partial charge on any atom is 0.147 e. The Labute approximate surface area is 120 Å². The van der Waals surface area contributed by atoms with Crippen LogP contribution in [-0.2, 0) is 6.67 Å². The molecule has 0 nitrogen and oxygen atoms in total. The summed E-state index contributed by atoms with van der Waals surface area (Å²) in [7, 11) is 0. The molecule has 0 N–H and O–H groups in total. The van der Waals surface area contributed by atoms with Gasteiger partial charge in [-0.1, -0.05) is 33.6 Å². The smallest absolute Gasteiger partial charge is 0.147 e. The van der Waals surface area contributed by atoms with Crippen LogP contribution in [0.1, 0.15) is 42.7 Å². The van der Waals surface area contributed by atoms with Gasteiger partial charge in [0, 0.05) is 10.9 Å². The highest BCUT2D eigenvalue weighted by atomic mass is 79.9. The predicted molar refractivity (Wildman–Crippen MR) is 74.7 cm³/mol. The Kier molecular flexibility index (Phi) is 5.02. The normalized spacial score (nSPS) is 24.2. The van der Waals surface area contributed by atoms with Crippen LogP contribution in [0.5, 0.6) is 0 Å². The van der Waals surface area contributed by atoms with Gasteiger partial charge in [-0.25, -0.2) is 8.78 Å². The summed E-state index contributed by atoms with van der Waals surface area (Å²) in [6.45, 7) is -0.778. The van der Waals surface area contributed by atoms with E-state index in [0.29, 0.717) is 5.92 Å². The van der Waals surface area contributed by atoms with Crippen LogP contribution in [-0.4, -0.2) is 5.33 Å². The molecule has 0 heterocycles. The average Bonchev–Trinajstić information content (AvgIpc) is 2.42. The molecule has 0 saturated heterocycles. The molecule has 1 saturated carbocycles. The maximum atomic E-state index is 13.8. The van der Waals surface area contributed by atoms with Gasteiger partial charge in [0.1, 0.15) is 12.5 Å². The van der Waals surface area contributed by atoms with Gasteiger partial charge in [0.15, 0.2) is 0 Å². The summed E-state index contributed by atoms with van der Waals surface area (Å²) in [5.41, 5.74) is 0.970. The molecule has 0 spiro atoms. The number of hydrogen-bond acceptors (Lipinski definition) is 0. The lowest BCUT2D eigenvalue weighted by Gasteiger charge is -2.29. The van der Waals surface area contributed by atoms with Crippen molar-refractivity contribution >= 4 is 27.5 Å². The van der Waals surface area contributed by atoms with Crippen molar-refractivity contribution in [2.75, 3.05) is 5.33 Å². The topological polar surface area (TPSA) is 0 Å². The fourth-order valence-electron chi connectivity index (χ4n) is 2.75. The predicted octanol–water partition coefficient (Wildman–Crippen LogP) is 5.62. The van der Waals surface area contributed by atoms with Crippen molar-refractivity contribution in [1.29, 1.82) is 0 Å². The van der Waals surface area contributed by atoms with E-state index in [2.05, 4.69) is 15.9 Å². The Morgan fingerprint density at radius 3 is 2.44 bits per heavy atom. The zero-order valence-electron chi connectivity index (χ0n) is 10.1. The van der Waals surface area contributed by atoms with Gasteiger partial charge >= 0.3 is 0 Å². The molecule has 0 aromatic heterocycles. The highest BCUT2D eigenvalue weighted by molar-refractivity contribution is 9.09. The molecule has 0 unspecified atom stereocenters. The molecule has 0 amide bonds. The molecular formula is C14H16BrClF2. The van der Waals surface area contributed by atoms with Gasteiger partial charge in [0.2, 0.25) is 0 Å². The van der Waals surface area contributed by atoms with E-state index in [-0.39, 0.29) is 16.5 Å². The summed E-state index contributed by atoms with van der Waals surface area (Å²) in [5, 5.41) is 1.03. The third-order valence-electron chi connectivity index (χ3n) is 3.87. The molecule has 0 radical (unpaired) electrons. The second-order valence-electron chi connectivity index (χ2n) is 4.93. The van der Waals surface area contributed by atoms with Crippen molar-refractivity contribution < 1.29 is 8.78 Å². The molecule has 0 atom stereocenters. The van der Waals surface area contributed by atoms with Crippen LogP contribution in [0.2, 0.25) is 5.02 Å². The van der Waals surface area contributed by atoms with E-state index in [9.17, 15) is 8.78 Å². The quantitative estimate of drug-likeness (QED) is 0.628. The summed E-state index contributed by atoms with van der Waals surface area (Å²) in [6.07, 6.45) is 4.24. The Morgan fingerprint density at radius 2 is 1.89 bits per heavy atom. The van der Waals surface area contributed by atoms with Gasteiger partial charge in [-0.15, -0.1) is 0 Å². The molecule has 100 valence electrons. The lowest BCUT2D eigenvalue weighted by molar-refractivity contribution is 0.349. The van der Waals surface area contributed by atoms with Crippen molar-refractivity contribution in [3.63, 3.8) is 0 Å². The largest absolute Gasteiger partial charge is 0.246 e. The van der Waals surface area contributed by atoms with E-state index < -0.39 is 12.5 Å². The minimum Gasteiger partial charge on any atom is -0.246 e. The first-order valence-corrected chi connectivity index (χ1v) is 7.76. The Hall–Kier alpha value is -0.150. The lowest BCUT2D eigenvalue weighted by atomic mass is 9.78. The van der Waals surface area contributed by atoms with Crippen molar-refractivity contribution in [1.82, 2.24) is 0 Å². The maximum absolute atomic E-state index is 13.8. The van der Waals surface area contributed by atoms with E-state index in [0.717, 1.165) is 36.6 Å². The van der Waals surface area contributed by atoms with Gasteiger partial charge in [-0.05, 0) is 49.1 Å². The number of hydrogen-bond donors (Lipinski definition) is 0. The molecule has 1 aliphatic carbocycles. The third kappa shape index (κ3) is 2.88. The number of halogens is 4. The van der Waals surface area contributed by atoms with Crippen LogP contribution in [0.25, 0.3) is 0 Å². The molecule has 1 fully saturated rings. The van der Waals surface area contributed by atoms with Crippen LogP contribution < -0.4 is 0 Å². The highest BCUT2D eigenvalue weighted by Gasteiger charge is 2.25. The molecule has 1 aromatic rings. The second kappa shape index (κ2) is 6.33. The SMILES string of the molecule is FCc1c(C2CCC(CBr)CC2)ccc(Cl)c1F. The summed E-state index contributed by atoms with van der Waals surface area (Å²) >= 11 is 9.20. The van der Waals surface area contributed by atoms with Crippen LogP contribution in [0.15, 0.2) is 12.1 Å². The Morgan fingerprint density at radius 1 is 1.22 bits per heavy atom. The van der Waals surface area contributed by atoms with E-state index in [1.165, 1.54) is 0 Å². The van der Waals surface area contributed by atoms with E-state index >= 15 is 0 Å². The number of alkyl halides is 2. The fourth-order valence-corrected chi connectivity index (χ4v) is 3.58. The van der Waals surface area contributed by atoms with Crippen molar-refractivity contribution in [3.05, 3.63) is 34.1 Å². The van der Waals surface area contributed by atoms with E-state index in [4.69, 9.17) is 11.6 Å². The number of benzene rings is 1. The molecule has 2 rings (SSSR count). The zero-order chi connectivity index (χ0) is 13.1. The molecule has 0 aliphatic heterocycles. The standard InChI is InChI=1S/C14H16BrClF2/c15-7-9-1-3-10(4-2-9)11-5-6-13(16)14(18)12(11)8-17/h5-6,9-10H,1-4,7-8H2. The lowest BCUT2D eigenvalue weighted by Crippen LogP contribution is -2.15. The first-order chi connectivity index (χ1) is 8.67. The first-order valence-electron chi connectivity index (χ1n) is 6.26. The van der Waals surface area contributed by atoms with Crippen LogP contribution in [0, 0.1) is 11.7 Å². The Balaban J connectivity index is 2.21. The van der Waals surface area contributed by atoms with Crippen molar-refractivity contribution in [2.45, 2.75) is 38.3 Å². The van der Waals surface area contributed by atoms with Gasteiger partial charge in [-0.2, -0.15) is 0 Å². The van der Waals surface area contributed by atoms with Gasteiger partial charge in [0.05, 0.1) is 5.02 Å².